The van der Waals surface area contributed by atoms with Crippen molar-refractivity contribution < 1.29 is 0 Å². The second kappa shape index (κ2) is 5.51. The zero-order chi connectivity index (χ0) is 15.8. The standard InChI is InChI=1S/C19H26N2/c1-12-8-7-9-15(14(3)21-6)17(12)18-13(2)10-19(4,5)11-16(18)20/h7-9,20-21H,3,10-11H2,1-2,4-6H3. The molecule has 0 amide bonds. The van der Waals surface area contributed by atoms with Gasteiger partial charge in [0.1, 0.15) is 0 Å². The summed E-state index contributed by atoms with van der Waals surface area (Å²) in [6.07, 6.45) is 1.88. The van der Waals surface area contributed by atoms with Crippen LogP contribution in [0.4, 0.5) is 0 Å². The van der Waals surface area contributed by atoms with E-state index in [0.717, 1.165) is 35.4 Å². The van der Waals surface area contributed by atoms with Crippen molar-refractivity contribution in [1.82, 2.24) is 5.32 Å². The fourth-order valence-corrected chi connectivity index (χ4v) is 3.44. The predicted octanol–water partition coefficient (Wildman–Crippen LogP) is 4.80. The lowest BCUT2D eigenvalue weighted by atomic mass is 9.71. The Bertz CT molecular complexity index is 633. The highest BCUT2D eigenvalue weighted by Gasteiger charge is 2.31. The van der Waals surface area contributed by atoms with Gasteiger partial charge in [0.2, 0.25) is 0 Å². The first kappa shape index (κ1) is 15.6. The van der Waals surface area contributed by atoms with Gasteiger partial charge in [0.25, 0.3) is 0 Å². The van der Waals surface area contributed by atoms with E-state index in [1.54, 1.807) is 0 Å². The zero-order valence-corrected chi connectivity index (χ0v) is 13.9. The van der Waals surface area contributed by atoms with Crippen LogP contribution >= 0.6 is 0 Å². The molecule has 2 N–H and O–H groups in total. The summed E-state index contributed by atoms with van der Waals surface area (Å²) >= 11 is 0. The Morgan fingerprint density at radius 3 is 2.48 bits per heavy atom. The van der Waals surface area contributed by atoms with E-state index in [4.69, 9.17) is 5.41 Å². The summed E-state index contributed by atoms with van der Waals surface area (Å²) in [6.45, 7) is 12.9. The average Bonchev–Trinajstić information content (AvgIpc) is 2.37. The lowest BCUT2D eigenvalue weighted by Crippen LogP contribution is -2.25. The van der Waals surface area contributed by atoms with Gasteiger partial charge in [-0.05, 0) is 43.2 Å². The minimum Gasteiger partial charge on any atom is -0.388 e. The van der Waals surface area contributed by atoms with Crippen molar-refractivity contribution >= 4 is 17.0 Å². The van der Waals surface area contributed by atoms with Crippen molar-refractivity contribution in [3.8, 4) is 0 Å². The van der Waals surface area contributed by atoms with Gasteiger partial charge in [0, 0.05) is 29.6 Å². The van der Waals surface area contributed by atoms with Gasteiger partial charge in [-0.1, -0.05) is 44.2 Å². The maximum atomic E-state index is 8.55. The molecule has 112 valence electrons. The van der Waals surface area contributed by atoms with Crippen LogP contribution in [0.15, 0.2) is 30.4 Å². The zero-order valence-electron chi connectivity index (χ0n) is 13.9. The summed E-state index contributed by atoms with van der Waals surface area (Å²) in [4.78, 5) is 0. The summed E-state index contributed by atoms with van der Waals surface area (Å²) in [7, 11) is 1.89. The molecule has 0 saturated heterocycles. The molecule has 0 spiro atoms. The molecular formula is C19H26N2. The third-order valence-corrected chi connectivity index (χ3v) is 4.28. The van der Waals surface area contributed by atoms with E-state index in [1.165, 1.54) is 16.7 Å². The Labute approximate surface area is 128 Å². The lowest BCUT2D eigenvalue weighted by Gasteiger charge is -2.34. The third kappa shape index (κ3) is 2.94. The number of benzene rings is 1. The molecule has 1 aliphatic carbocycles. The normalized spacial score (nSPS) is 17.9. The van der Waals surface area contributed by atoms with E-state index in [2.05, 4.69) is 57.8 Å². The molecule has 0 fully saturated rings. The quantitative estimate of drug-likeness (QED) is 0.821. The van der Waals surface area contributed by atoms with Crippen molar-refractivity contribution in [3.63, 3.8) is 0 Å². The smallest absolute Gasteiger partial charge is 0.0397 e. The molecule has 1 aliphatic rings. The van der Waals surface area contributed by atoms with E-state index in [0.29, 0.717) is 0 Å². The van der Waals surface area contributed by atoms with Crippen LogP contribution < -0.4 is 5.32 Å². The SMILES string of the molecule is C=C(NC)c1cccc(C)c1C1=C(C)CC(C)(C)CC1=N. The van der Waals surface area contributed by atoms with E-state index >= 15 is 0 Å². The first-order valence-corrected chi connectivity index (χ1v) is 7.51. The molecule has 2 heteroatoms. The first-order chi connectivity index (χ1) is 9.76. The fraction of sp³-hybridized carbons (Fsp3) is 0.421. The molecule has 2 nitrogen and oxygen atoms in total. The third-order valence-electron chi connectivity index (χ3n) is 4.28. The Hall–Kier alpha value is -1.83. The molecule has 21 heavy (non-hydrogen) atoms. The maximum absolute atomic E-state index is 8.55. The van der Waals surface area contributed by atoms with Crippen molar-refractivity contribution in [2.75, 3.05) is 7.05 Å². The van der Waals surface area contributed by atoms with E-state index < -0.39 is 0 Å². The summed E-state index contributed by atoms with van der Waals surface area (Å²) in [5.41, 5.74) is 7.78. The number of aryl methyl sites for hydroxylation is 1. The van der Waals surface area contributed by atoms with Crippen LogP contribution in [-0.4, -0.2) is 12.8 Å². The monoisotopic (exact) mass is 282 g/mol. The highest BCUT2D eigenvalue weighted by atomic mass is 14.8. The topological polar surface area (TPSA) is 35.9 Å². The minimum absolute atomic E-state index is 0.188. The van der Waals surface area contributed by atoms with Crippen molar-refractivity contribution in [2.45, 2.75) is 40.5 Å². The largest absolute Gasteiger partial charge is 0.388 e. The Kier molecular flexibility index (Phi) is 4.08. The van der Waals surface area contributed by atoms with Gasteiger partial charge in [-0.3, -0.25) is 0 Å². The molecular weight excluding hydrogens is 256 g/mol. The van der Waals surface area contributed by atoms with E-state index in [-0.39, 0.29) is 5.41 Å². The predicted molar refractivity (Wildman–Crippen MR) is 92.6 cm³/mol. The molecule has 0 atom stereocenters. The van der Waals surface area contributed by atoms with Crippen LogP contribution in [-0.2, 0) is 0 Å². The highest BCUT2D eigenvalue weighted by molar-refractivity contribution is 6.25. The number of hydrogen-bond acceptors (Lipinski definition) is 2. The van der Waals surface area contributed by atoms with Crippen LogP contribution in [0.2, 0.25) is 0 Å². The number of hydrogen-bond donors (Lipinski definition) is 2. The van der Waals surface area contributed by atoms with Crippen molar-refractivity contribution in [2.24, 2.45) is 5.41 Å². The van der Waals surface area contributed by atoms with Gasteiger partial charge >= 0.3 is 0 Å². The molecule has 0 heterocycles. The molecule has 0 radical (unpaired) electrons. The highest BCUT2D eigenvalue weighted by Crippen LogP contribution is 2.42. The first-order valence-electron chi connectivity index (χ1n) is 7.51. The Morgan fingerprint density at radius 1 is 1.24 bits per heavy atom. The van der Waals surface area contributed by atoms with Crippen molar-refractivity contribution in [3.05, 3.63) is 47.0 Å². The molecule has 2 rings (SSSR count). The average molecular weight is 282 g/mol. The van der Waals surface area contributed by atoms with Crippen LogP contribution in [0.3, 0.4) is 0 Å². The summed E-state index contributed by atoms with van der Waals surface area (Å²) in [6, 6.07) is 6.27. The molecule has 0 aromatic heterocycles. The second-order valence-corrected chi connectivity index (χ2v) is 6.88. The Balaban J connectivity index is 2.67. The van der Waals surface area contributed by atoms with E-state index in [9.17, 15) is 0 Å². The van der Waals surface area contributed by atoms with Crippen LogP contribution in [0.1, 0.15) is 50.3 Å². The fourth-order valence-electron chi connectivity index (χ4n) is 3.44. The molecule has 1 aromatic rings. The lowest BCUT2D eigenvalue weighted by molar-refractivity contribution is 0.374. The maximum Gasteiger partial charge on any atom is 0.0397 e. The van der Waals surface area contributed by atoms with Gasteiger partial charge in [0.05, 0.1) is 0 Å². The number of nitrogens with one attached hydrogen (secondary N) is 2. The van der Waals surface area contributed by atoms with Crippen molar-refractivity contribution in [1.29, 1.82) is 5.41 Å². The minimum atomic E-state index is 0.188. The molecule has 0 bridgehead atoms. The number of rotatable bonds is 3. The van der Waals surface area contributed by atoms with Gasteiger partial charge in [-0.15, -0.1) is 0 Å². The van der Waals surface area contributed by atoms with Gasteiger partial charge in [-0.25, -0.2) is 0 Å². The summed E-state index contributed by atoms with van der Waals surface area (Å²) < 4.78 is 0. The Morgan fingerprint density at radius 2 is 1.90 bits per heavy atom. The summed E-state index contributed by atoms with van der Waals surface area (Å²) in [5, 5.41) is 11.7. The van der Waals surface area contributed by atoms with Gasteiger partial charge in [0.15, 0.2) is 0 Å². The van der Waals surface area contributed by atoms with E-state index in [1.807, 2.05) is 7.05 Å². The molecule has 0 unspecified atom stereocenters. The summed E-state index contributed by atoms with van der Waals surface area (Å²) in [5.74, 6) is 0. The molecule has 0 aliphatic heterocycles. The molecule has 0 saturated carbocycles. The molecule has 1 aromatic carbocycles. The van der Waals surface area contributed by atoms with Gasteiger partial charge in [-0.2, -0.15) is 0 Å². The van der Waals surface area contributed by atoms with Crippen LogP contribution in [0.25, 0.3) is 11.3 Å². The number of allylic oxidation sites excluding steroid dienone is 2. The van der Waals surface area contributed by atoms with Crippen LogP contribution in [0.5, 0.6) is 0 Å². The second-order valence-electron chi connectivity index (χ2n) is 6.88. The van der Waals surface area contributed by atoms with Crippen LogP contribution in [0, 0.1) is 17.7 Å². The van der Waals surface area contributed by atoms with Gasteiger partial charge < -0.3 is 10.7 Å².